The Labute approximate surface area is 222 Å². The third kappa shape index (κ3) is 6.35. The lowest BCUT2D eigenvalue weighted by molar-refractivity contribution is -0.148. The van der Waals surface area contributed by atoms with Crippen molar-refractivity contribution in [2.24, 2.45) is 0 Å². The second-order valence-corrected chi connectivity index (χ2v) is 8.71. The average molecular weight is 540 g/mol. The second-order valence-electron chi connectivity index (χ2n) is 8.27. The quantitative estimate of drug-likeness (QED) is 0.253. The summed E-state index contributed by atoms with van der Waals surface area (Å²) in [5, 5.41) is 24.6. The van der Waals surface area contributed by atoms with Crippen molar-refractivity contribution >= 4 is 23.5 Å². The van der Waals surface area contributed by atoms with Gasteiger partial charge in [0.2, 0.25) is 5.76 Å². The van der Waals surface area contributed by atoms with Crippen LogP contribution in [0.4, 0.5) is 4.39 Å². The van der Waals surface area contributed by atoms with Crippen LogP contribution in [0.15, 0.2) is 77.3 Å². The number of aromatic nitrogens is 1. The number of aliphatic carboxylic acids is 1. The molecule has 0 radical (unpaired) electrons. The number of hydrogen-bond acceptors (Lipinski definition) is 7. The number of halogens is 2. The SMILES string of the molecule is COc1ccccc1-c1cc(C(=O)NN(Cc2ccc(-c3cc(Cl)ccc3F)cc2)CC(O)C(=O)O)on1. The van der Waals surface area contributed by atoms with Crippen LogP contribution in [-0.2, 0) is 11.3 Å². The Morgan fingerprint density at radius 3 is 2.55 bits per heavy atom. The Balaban J connectivity index is 1.52. The molecular formula is C27H23ClFN3O6. The fourth-order valence-electron chi connectivity index (χ4n) is 3.73. The summed E-state index contributed by atoms with van der Waals surface area (Å²) in [4.78, 5) is 24.2. The normalized spacial score (nSPS) is 11.8. The largest absolute Gasteiger partial charge is 0.496 e. The van der Waals surface area contributed by atoms with Gasteiger partial charge in [-0.3, -0.25) is 10.2 Å². The molecule has 0 spiro atoms. The van der Waals surface area contributed by atoms with E-state index in [0.717, 1.165) is 0 Å². The smallest absolute Gasteiger partial charge is 0.333 e. The van der Waals surface area contributed by atoms with E-state index in [-0.39, 0.29) is 12.3 Å². The van der Waals surface area contributed by atoms with Gasteiger partial charge in [0, 0.05) is 28.8 Å². The molecule has 0 fully saturated rings. The summed E-state index contributed by atoms with van der Waals surface area (Å²) in [5.41, 5.74) is 5.10. The number of hydrogen-bond donors (Lipinski definition) is 3. The van der Waals surface area contributed by atoms with E-state index in [1.807, 2.05) is 0 Å². The Kier molecular flexibility index (Phi) is 8.37. The minimum Gasteiger partial charge on any atom is -0.496 e. The number of amides is 1. The van der Waals surface area contributed by atoms with Gasteiger partial charge in [0.25, 0.3) is 0 Å². The van der Waals surface area contributed by atoms with Crippen LogP contribution in [0.25, 0.3) is 22.4 Å². The van der Waals surface area contributed by atoms with Gasteiger partial charge >= 0.3 is 11.9 Å². The zero-order valence-electron chi connectivity index (χ0n) is 20.1. The van der Waals surface area contributed by atoms with Gasteiger partial charge in [0.1, 0.15) is 17.3 Å². The number of carbonyl (C=O) groups is 2. The summed E-state index contributed by atoms with van der Waals surface area (Å²) in [5.74, 6) is -2.17. The van der Waals surface area contributed by atoms with Gasteiger partial charge in [0.15, 0.2) is 6.10 Å². The van der Waals surface area contributed by atoms with Crippen molar-refractivity contribution in [3.05, 3.63) is 95.0 Å². The minimum atomic E-state index is -1.77. The molecule has 0 aliphatic rings. The molecule has 3 N–H and O–H groups in total. The molecule has 3 aromatic carbocycles. The number of nitrogens with zero attached hydrogens (tertiary/aromatic N) is 2. The van der Waals surface area contributed by atoms with Crippen LogP contribution in [-0.4, -0.2) is 52.0 Å². The first-order valence-corrected chi connectivity index (χ1v) is 11.7. The molecule has 9 nitrogen and oxygen atoms in total. The first-order valence-electron chi connectivity index (χ1n) is 11.4. The standard InChI is InChI=1S/C27H23ClFN3O6/c1-37-24-5-3-2-4-19(24)22-13-25(38-31-22)26(34)30-32(15-23(33)27(35)36)14-16-6-8-17(9-7-16)20-12-18(28)10-11-21(20)29/h2-13,23,33H,14-15H2,1H3,(H,30,34)(H,35,36). The van der Waals surface area contributed by atoms with E-state index in [0.29, 0.717) is 38.7 Å². The van der Waals surface area contributed by atoms with Gasteiger partial charge in [-0.1, -0.05) is 53.2 Å². The Morgan fingerprint density at radius 2 is 1.84 bits per heavy atom. The van der Waals surface area contributed by atoms with Crippen LogP contribution in [0.3, 0.4) is 0 Å². The van der Waals surface area contributed by atoms with Crippen molar-refractivity contribution in [3.8, 4) is 28.1 Å². The van der Waals surface area contributed by atoms with Gasteiger partial charge in [-0.25, -0.2) is 14.2 Å². The Bertz CT molecular complexity index is 1440. The molecule has 0 bridgehead atoms. The van der Waals surface area contributed by atoms with E-state index in [1.165, 1.54) is 36.4 Å². The number of hydrazine groups is 1. The monoisotopic (exact) mass is 539 g/mol. The fourth-order valence-corrected chi connectivity index (χ4v) is 3.90. The van der Waals surface area contributed by atoms with E-state index in [9.17, 15) is 19.1 Å². The number of ether oxygens (including phenoxy) is 1. The van der Waals surface area contributed by atoms with Crippen molar-refractivity contribution in [3.63, 3.8) is 0 Å². The molecule has 4 aromatic rings. The maximum absolute atomic E-state index is 14.2. The third-order valence-corrected chi connectivity index (χ3v) is 5.86. The molecule has 4 rings (SSSR count). The maximum Gasteiger partial charge on any atom is 0.333 e. The number of aliphatic hydroxyl groups excluding tert-OH is 1. The lowest BCUT2D eigenvalue weighted by Gasteiger charge is -2.24. The van der Waals surface area contributed by atoms with Crippen molar-refractivity contribution in [1.29, 1.82) is 0 Å². The third-order valence-electron chi connectivity index (χ3n) is 5.62. The molecule has 196 valence electrons. The number of carboxylic acid groups (broad SMARTS) is 1. The molecule has 1 unspecified atom stereocenters. The summed E-state index contributed by atoms with van der Waals surface area (Å²) in [6.07, 6.45) is -1.77. The van der Waals surface area contributed by atoms with Crippen LogP contribution in [0.2, 0.25) is 5.02 Å². The van der Waals surface area contributed by atoms with Crippen molar-refractivity contribution in [2.75, 3.05) is 13.7 Å². The van der Waals surface area contributed by atoms with Crippen LogP contribution >= 0.6 is 11.6 Å². The number of nitrogens with one attached hydrogen (secondary N) is 1. The van der Waals surface area contributed by atoms with Crippen molar-refractivity contribution in [1.82, 2.24) is 15.6 Å². The fraction of sp³-hybridized carbons (Fsp3) is 0.148. The number of benzene rings is 3. The zero-order valence-corrected chi connectivity index (χ0v) is 20.9. The van der Waals surface area contributed by atoms with E-state index in [1.54, 1.807) is 48.5 Å². The minimum absolute atomic E-state index is 0.0297. The van der Waals surface area contributed by atoms with E-state index < -0.39 is 30.3 Å². The molecule has 11 heteroatoms. The highest BCUT2D eigenvalue weighted by atomic mass is 35.5. The molecule has 0 aliphatic heterocycles. The predicted molar refractivity (Wildman–Crippen MR) is 137 cm³/mol. The van der Waals surface area contributed by atoms with Crippen LogP contribution < -0.4 is 10.2 Å². The van der Waals surface area contributed by atoms with Gasteiger partial charge in [-0.15, -0.1) is 0 Å². The number of carbonyl (C=O) groups excluding carboxylic acids is 1. The Hall–Kier alpha value is -4.25. The summed E-state index contributed by atoms with van der Waals surface area (Å²) in [6.45, 7) is -0.388. The molecule has 1 heterocycles. The number of methoxy groups -OCH3 is 1. The number of rotatable bonds is 10. The molecule has 1 atom stereocenters. The highest BCUT2D eigenvalue weighted by Crippen LogP contribution is 2.29. The van der Waals surface area contributed by atoms with Gasteiger partial charge in [0.05, 0.1) is 13.7 Å². The number of aliphatic hydroxyl groups is 1. The summed E-state index contributed by atoms with van der Waals surface area (Å²) in [6, 6.07) is 19.5. The predicted octanol–water partition coefficient (Wildman–Crippen LogP) is 4.40. The van der Waals surface area contributed by atoms with Crippen molar-refractivity contribution < 1.29 is 33.5 Å². The van der Waals surface area contributed by atoms with Crippen LogP contribution in [0.1, 0.15) is 16.1 Å². The maximum atomic E-state index is 14.2. The first-order chi connectivity index (χ1) is 18.2. The summed E-state index contributed by atoms with van der Waals surface area (Å²) < 4.78 is 24.7. The second kappa shape index (κ2) is 11.9. The lowest BCUT2D eigenvalue weighted by atomic mass is 10.0. The topological polar surface area (TPSA) is 125 Å². The summed E-state index contributed by atoms with van der Waals surface area (Å²) in [7, 11) is 1.51. The van der Waals surface area contributed by atoms with Crippen LogP contribution in [0.5, 0.6) is 5.75 Å². The molecule has 1 amide bonds. The van der Waals surface area contributed by atoms with Crippen molar-refractivity contribution in [2.45, 2.75) is 12.6 Å². The molecule has 0 aliphatic carbocycles. The summed E-state index contributed by atoms with van der Waals surface area (Å²) >= 11 is 5.99. The van der Waals surface area contributed by atoms with E-state index >= 15 is 0 Å². The number of para-hydroxylation sites is 1. The molecule has 38 heavy (non-hydrogen) atoms. The highest BCUT2D eigenvalue weighted by molar-refractivity contribution is 6.30. The van der Waals surface area contributed by atoms with E-state index in [4.69, 9.17) is 26.0 Å². The lowest BCUT2D eigenvalue weighted by Crippen LogP contribution is -2.47. The highest BCUT2D eigenvalue weighted by Gasteiger charge is 2.23. The molecule has 1 aromatic heterocycles. The van der Waals surface area contributed by atoms with Gasteiger partial charge < -0.3 is 19.5 Å². The van der Waals surface area contributed by atoms with Gasteiger partial charge in [-0.05, 0) is 41.5 Å². The first kappa shape index (κ1) is 26.8. The molecule has 0 saturated carbocycles. The van der Waals surface area contributed by atoms with Gasteiger partial charge in [-0.2, -0.15) is 0 Å². The molecule has 0 saturated heterocycles. The number of carboxylic acids is 1. The van der Waals surface area contributed by atoms with E-state index in [2.05, 4.69) is 10.6 Å². The molecular weight excluding hydrogens is 517 g/mol. The van der Waals surface area contributed by atoms with Crippen LogP contribution in [0, 0.1) is 5.82 Å². The average Bonchev–Trinajstić information content (AvgIpc) is 3.41. The zero-order chi connectivity index (χ0) is 27.2. The Morgan fingerprint density at radius 1 is 1.11 bits per heavy atom.